The number of nitrogens with two attached hydrogens (primary N) is 1. The van der Waals surface area contributed by atoms with Crippen LogP contribution in [-0.4, -0.2) is 39.6 Å². The average Bonchev–Trinajstić information content (AvgIpc) is 2.91. The fourth-order valence-corrected chi connectivity index (χ4v) is 2.91. The lowest BCUT2D eigenvalue weighted by molar-refractivity contribution is 0.0569. The number of carbonyl (C=O) groups excluding carboxylic acids is 1. The molecule has 2 unspecified atom stereocenters. The average molecular weight is 272 g/mol. The van der Waals surface area contributed by atoms with E-state index in [1.54, 1.807) is 10.7 Å². The third-order valence-electron chi connectivity index (χ3n) is 4.23. The normalized spacial score (nSPS) is 23.2. The molecule has 1 saturated heterocycles. The van der Waals surface area contributed by atoms with Gasteiger partial charge in [0.25, 0.3) is 5.91 Å². The largest absolute Gasteiger partial charge is 0.336 e. The Morgan fingerprint density at radius 1 is 1.45 bits per heavy atom. The second-order valence-electron chi connectivity index (χ2n) is 5.57. The first-order valence-electron chi connectivity index (χ1n) is 7.14. The van der Waals surface area contributed by atoms with Crippen LogP contribution >= 0.6 is 0 Å². The zero-order chi connectivity index (χ0) is 14.1. The molecule has 3 heterocycles. The number of likely N-dealkylation sites (tertiary alicyclic amines) is 1. The fourth-order valence-electron chi connectivity index (χ4n) is 2.91. The molecule has 0 bridgehead atoms. The van der Waals surface area contributed by atoms with E-state index in [-0.39, 0.29) is 11.9 Å². The molecule has 0 aromatic carbocycles. The van der Waals surface area contributed by atoms with E-state index in [1.165, 1.54) is 0 Å². The maximum Gasteiger partial charge on any atom is 0.257 e. The van der Waals surface area contributed by atoms with E-state index in [4.69, 9.17) is 5.73 Å². The highest BCUT2D eigenvalue weighted by Crippen LogP contribution is 2.24. The number of carbonyl (C=O) groups is 1. The Balaban J connectivity index is 1.91. The molecule has 5 nitrogen and oxygen atoms in total. The zero-order valence-corrected chi connectivity index (χ0v) is 11.7. The van der Waals surface area contributed by atoms with Gasteiger partial charge in [-0.15, -0.1) is 0 Å². The molecular formula is C15H20N4O. The van der Waals surface area contributed by atoms with Crippen molar-refractivity contribution in [1.82, 2.24) is 14.5 Å². The van der Waals surface area contributed by atoms with Crippen LogP contribution in [0.3, 0.4) is 0 Å². The van der Waals surface area contributed by atoms with Gasteiger partial charge in [-0.25, -0.2) is 4.52 Å². The van der Waals surface area contributed by atoms with Gasteiger partial charge in [0.15, 0.2) is 0 Å². The minimum atomic E-state index is 0.0665. The molecule has 1 aliphatic rings. The molecule has 2 aromatic rings. The van der Waals surface area contributed by atoms with Crippen molar-refractivity contribution in [2.75, 3.05) is 13.1 Å². The molecule has 1 fully saturated rings. The van der Waals surface area contributed by atoms with E-state index in [0.717, 1.165) is 24.9 Å². The predicted molar refractivity (Wildman–Crippen MR) is 77.5 cm³/mol. The van der Waals surface area contributed by atoms with E-state index in [9.17, 15) is 4.79 Å². The standard InChI is InChI=1S/C15H20N4O/c1-11-5-6-12(8-16)10-18(11)15(20)13-9-17-19-7-3-2-4-14(13)19/h2-4,7,9,11-12H,5-6,8,10,16H2,1H3. The zero-order valence-electron chi connectivity index (χ0n) is 11.7. The Hall–Kier alpha value is -1.88. The quantitative estimate of drug-likeness (QED) is 0.902. The highest BCUT2D eigenvalue weighted by atomic mass is 16.2. The summed E-state index contributed by atoms with van der Waals surface area (Å²) in [5, 5.41) is 4.24. The van der Waals surface area contributed by atoms with Crippen LogP contribution in [0.1, 0.15) is 30.1 Å². The number of hydrogen-bond acceptors (Lipinski definition) is 3. The monoisotopic (exact) mass is 272 g/mol. The van der Waals surface area contributed by atoms with E-state index in [0.29, 0.717) is 18.0 Å². The fraction of sp³-hybridized carbons (Fsp3) is 0.467. The van der Waals surface area contributed by atoms with Crippen LogP contribution in [0.25, 0.3) is 5.52 Å². The van der Waals surface area contributed by atoms with Crippen LogP contribution in [0.2, 0.25) is 0 Å². The van der Waals surface area contributed by atoms with Gasteiger partial charge in [0, 0.05) is 18.8 Å². The Labute approximate surface area is 118 Å². The predicted octanol–water partition coefficient (Wildman–Crippen LogP) is 1.53. The van der Waals surface area contributed by atoms with Crippen molar-refractivity contribution < 1.29 is 4.79 Å². The summed E-state index contributed by atoms with van der Waals surface area (Å²) in [5.74, 6) is 0.480. The van der Waals surface area contributed by atoms with Crippen LogP contribution in [0.4, 0.5) is 0 Å². The van der Waals surface area contributed by atoms with E-state index in [2.05, 4.69) is 12.0 Å². The van der Waals surface area contributed by atoms with Crippen molar-refractivity contribution in [3.63, 3.8) is 0 Å². The van der Waals surface area contributed by atoms with Crippen LogP contribution in [0.15, 0.2) is 30.6 Å². The van der Waals surface area contributed by atoms with E-state index in [1.807, 2.05) is 29.3 Å². The maximum absolute atomic E-state index is 12.8. The summed E-state index contributed by atoms with van der Waals surface area (Å²) >= 11 is 0. The number of pyridine rings is 1. The van der Waals surface area contributed by atoms with Crippen molar-refractivity contribution in [2.45, 2.75) is 25.8 Å². The lowest BCUT2D eigenvalue weighted by Gasteiger charge is -2.37. The van der Waals surface area contributed by atoms with Gasteiger partial charge in [-0.1, -0.05) is 6.07 Å². The minimum Gasteiger partial charge on any atom is -0.336 e. The Bertz CT molecular complexity index is 621. The highest BCUT2D eigenvalue weighted by Gasteiger charge is 2.30. The van der Waals surface area contributed by atoms with Gasteiger partial charge in [-0.05, 0) is 44.4 Å². The first-order valence-corrected chi connectivity index (χ1v) is 7.14. The third kappa shape index (κ3) is 2.18. The number of hydrogen-bond donors (Lipinski definition) is 1. The summed E-state index contributed by atoms with van der Waals surface area (Å²) in [6, 6.07) is 6.03. The highest BCUT2D eigenvalue weighted by molar-refractivity contribution is 6.00. The van der Waals surface area contributed by atoms with Crippen molar-refractivity contribution in [1.29, 1.82) is 0 Å². The smallest absolute Gasteiger partial charge is 0.257 e. The summed E-state index contributed by atoms with van der Waals surface area (Å²) in [5.41, 5.74) is 7.30. The molecule has 1 aliphatic heterocycles. The number of rotatable bonds is 2. The molecule has 0 radical (unpaired) electrons. The number of piperidine rings is 1. The maximum atomic E-state index is 12.8. The number of nitrogens with zero attached hydrogens (tertiary/aromatic N) is 3. The minimum absolute atomic E-state index is 0.0665. The van der Waals surface area contributed by atoms with Crippen LogP contribution in [0.5, 0.6) is 0 Å². The lowest BCUT2D eigenvalue weighted by Crippen LogP contribution is -2.47. The summed E-state index contributed by atoms with van der Waals surface area (Å²) < 4.78 is 1.74. The van der Waals surface area contributed by atoms with Crippen molar-refractivity contribution in [2.24, 2.45) is 11.7 Å². The first-order chi connectivity index (χ1) is 9.70. The van der Waals surface area contributed by atoms with E-state index < -0.39 is 0 Å². The van der Waals surface area contributed by atoms with Crippen molar-refractivity contribution >= 4 is 11.4 Å². The molecular weight excluding hydrogens is 252 g/mol. The van der Waals surface area contributed by atoms with Crippen LogP contribution in [0, 0.1) is 5.92 Å². The molecule has 2 aromatic heterocycles. The molecule has 2 N–H and O–H groups in total. The van der Waals surface area contributed by atoms with Gasteiger partial charge in [0.05, 0.1) is 17.3 Å². The summed E-state index contributed by atoms with van der Waals surface area (Å²) in [6.07, 6.45) is 5.65. The van der Waals surface area contributed by atoms with E-state index >= 15 is 0 Å². The van der Waals surface area contributed by atoms with Crippen molar-refractivity contribution in [3.05, 3.63) is 36.2 Å². The second kappa shape index (κ2) is 5.25. The van der Waals surface area contributed by atoms with Gasteiger partial charge in [-0.3, -0.25) is 4.79 Å². The molecule has 3 rings (SSSR count). The van der Waals surface area contributed by atoms with Gasteiger partial charge in [-0.2, -0.15) is 5.10 Å². The van der Waals surface area contributed by atoms with Gasteiger partial charge in [0.2, 0.25) is 0 Å². The Morgan fingerprint density at radius 2 is 2.30 bits per heavy atom. The Kier molecular flexibility index (Phi) is 3.44. The second-order valence-corrected chi connectivity index (χ2v) is 5.57. The molecule has 106 valence electrons. The molecule has 0 spiro atoms. The van der Waals surface area contributed by atoms with Gasteiger partial charge < -0.3 is 10.6 Å². The Morgan fingerprint density at radius 3 is 3.10 bits per heavy atom. The molecule has 2 atom stereocenters. The molecule has 20 heavy (non-hydrogen) atoms. The molecule has 0 aliphatic carbocycles. The van der Waals surface area contributed by atoms with Crippen LogP contribution in [-0.2, 0) is 0 Å². The topological polar surface area (TPSA) is 63.6 Å². The first kappa shape index (κ1) is 13.1. The van der Waals surface area contributed by atoms with Gasteiger partial charge in [0.1, 0.15) is 0 Å². The lowest BCUT2D eigenvalue weighted by atomic mass is 9.93. The van der Waals surface area contributed by atoms with Crippen LogP contribution < -0.4 is 5.73 Å². The number of fused-ring (bicyclic) bond motifs is 1. The summed E-state index contributed by atoms with van der Waals surface area (Å²) in [7, 11) is 0. The summed E-state index contributed by atoms with van der Waals surface area (Å²) in [4.78, 5) is 14.7. The SMILES string of the molecule is CC1CCC(CN)CN1C(=O)c1cnn2ccccc12. The third-order valence-corrected chi connectivity index (χ3v) is 4.23. The summed E-state index contributed by atoms with van der Waals surface area (Å²) in [6.45, 7) is 3.50. The molecule has 0 saturated carbocycles. The van der Waals surface area contributed by atoms with Gasteiger partial charge >= 0.3 is 0 Å². The van der Waals surface area contributed by atoms with Crippen molar-refractivity contribution in [3.8, 4) is 0 Å². The number of aromatic nitrogens is 2. The molecule has 1 amide bonds. The number of amides is 1. The molecule has 5 heteroatoms.